The van der Waals surface area contributed by atoms with Gasteiger partial charge in [-0.15, -0.1) is 0 Å². The van der Waals surface area contributed by atoms with Crippen molar-refractivity contribution >= 4 is 5.97 Å². The summed E-state index contributed by atoms with van der Waals surface area (Å²) in [6.07, 6.45) is 21.4. The molecule has 1 unspecified atom stereocenters. The van der Waals surface area contributed by atoms with Crippen LogP contribution in [-0.4, -0.2) is 16.6 Å². The molecule has 1 rings (SSSR count). The lowest BCUT2D eigenvalue weighted by molar-refractivity contribution is 0.0697. The third-order valence-electron chi connectivity index (χ3n) is 6.28. The highest BCUT2D eigenvalue weighted by molar-refractivity contribution is 5.87. The minimum atomic E-state index is -0.879. The van der Waals surface area contributed by atoms with E-state index in [0.717, 1.165) is 0 Å². The fourth-order valence-electron chi connectivity index (χ4n) is 3.60. The van der Waals surface area contributed by atoms with Crippen molar-refractivity contribution in [2.45, 2.75) is 130 Å². The van der Waals surface area contributed by atoms with Crippen LogP contribution in [0, 0.1) is 5.92 Å². The predicted molar refractivity (Wildman–Crippen MR) is 136 cm³/mol. The summed E-state index contributed by atoms with van der Waals surface area (Å²) in [5.41, 5.74) is 6.46. The number of rotatable bonds is 17. The normalized spacial score (nSPS) is 12.2. The number of hydrogen-bond acceptors (Lipinski definition) is 2. The average molecular weight is 434 g/mol. The Morgan fingerprint density at radius 3 is 1.52 bits per heavy atom. The lowest BCUT2D eigenvalue weighted by Gasteiger charge is -2.27. The standard InChI is InChI=1S/C21H45N.C7H6O2/c1-5-6-7-8-9-10-11-12-13-14-15-16-17-18-19-20(2)21(3,4)22;8-7(9)6-4-2-1-3-5-6/h20H,5-19,22H2,1-4H3;1-5H,(H,8,9). The summed E-state index contributed by atoms with van der Waals surface area (Å²) in [6.45, 7) is 8.89. The summed E-state index contributed by atoms with van der Waals surface area (Å²) < 4.78 is 0. The first-order chi connectivity index (χ1) is 14.8. The summed E-state index contributed by atoms with van der Waals surface area (Å²) in [5, 5.41) is 8.38. The lowest BCUT2D eigenvalue weighted by atomic mass is 9.86. The lowest BCUT2D eigenvalue weighted by Crippen LogP contribution is -2.39. The van der Waals surface area contributed by atoms with Crippen molar-refractivity contribution in [2.24, 2.45) is 11.7 Å². The van der Waals surface area contributed by atoms with E-state index in [1.54, 1.807) is 30.3 Å². The van der Waals surface area contributed by atoms with E-state index >= 15 is 0 Å². The average Bonchev–Trinajstić information content (AvgIpc) is 2.74. The SMILES string of the molecule is CCCCCCCCCCCCCCCCC(C)C(C)(C)N.O=C(O)c1ccccc1. The summed E-state index contributed by atoms with van der Waals surface area (Å²) in [6, 6.07) is 8.30. The zero-order chi connectivity index (χ0) is 23.4. The molecule has 3 heteroatoms. The quantitative estimate of drug-likeness (QED) is 0.242. The first-order valence-electron chi connectivity index (χ1n) is 12.9. The van der Waals surface area contributed by atoms with E-state index < -0.39 is 5.97 Å². The number of aromatic carboxylic acids is 1. The molecule has 0 aliphatic carbocycles. The van der Waals surface area contributed by atoms with Crippen LogP contribution in [0.1, 0.15) is 134 Å². The van der Waals surface area contributed by atoms with Crippen molar-refractivity contribution in [3.05, 3.63) is 35.9 Å². The van der Waals surface area contributed by atoms with Gasteiger partial charge in [-0.25, -0.2) is 4.79 Å². The second-order valence-electron chi connectivity index (χ2n) is 9.78. The summed E-state index contributed by atoms with van der Waals surface area (Å²) in [5.74, 6) is -0.236. The van der Waals surface area contributed by atoms with Gasteiger partial charge in [-0.2, -0.15) is 0 Å². The molecule has 0 amide bonds. The van der Waals surface area contributed by atoms with E-state index in [-0.39, 0.29) is 5.54 Å². The Hall–Kier alpha value is -1.35. The minimum absolute atomic E-state index is 0.00343. The van der Waals surface area contributed by atoms with Crippen LogP contribution in [0.25, 0.3) is 0 Å². The molecule has 0 spiro atoms. The third kappa shape index (κ3) is 19.1. The minimum Gasteiger partial charge on any atom is -0.478 e. The van der Waals surface area contributed by atoms with Crippen LogP contribution in [0.4, 0.5) is 0 Å². The van der Waals surface area contributed by atoms with Crippen molar-refractivity contribution < 1.29 is 9.90 Å². The zero-order valence-electron chi connectivity index (χ0n) is 21.0. The van der Waals surface area contributed by atoms with Gasteiger partial charge in [0.1, 0.15) is 0 Å². The molecule has 3 nitrogen and oxygen atoms in total. The smallest absolute Gasteiger partial charge is 0.335 e. The van der Waals surface area contributed by atoms with Crippen molar-refractivity contribution in [3.8, 4) is 0 Å². The zero-order valence-corrected chi connectivity index (χ0v) is 21.0. The molecule has 0 saturated heterocycles. The third-order valence-corrected chi connectivity index (χ3v) is 6.28. The summed E-state index contributed by atoms with van der Waals surface area (Å²) >= 11 is 0. The molecule has 31 heavy (non-hydrogen) atoms. The second kappa shape index (κ2) is 19.3. The second-order valence-corrected chi connectivity index (χ2v) is 9.78. The Balaban J connectivity index is 0.000000823. The molecule has 0 aliphatic heterocycles. The predicted octanol–water partition coefficient (Wildman–Crippen LogP) is 8.62. The molecule has 0 aliphatic rings. The number of unbranched alkanes of at least 4 members (excludes halogenated alkanes) is 13. The van der Waals surface area contributed by atoms with E-state index in [4.69, 9.17) is 10.8 Å². The number of hydrogen-bond donors (Lipinski definition) is 2. The summed E-state index contributed by atoms with van der Waals surface area (Å²) in [7, 11) is 0. The molecule has 0 bridgehead atoms. The highest BCUT2D eigenvalue weighted by Crippen LogP contribution is 2.20. The van der Waals surface area contributed by atoms with Crippen molar-refractivity contribution in [1.29, 1.82) is 0 Å². The van der Waals surface area contributed by atoms with Crippen LogP contribution < -0.4 is 5.73 Å². The molecule has 1 aromatic rings. The van der Waals surface area contributed by atoms with Gasteiger partial charge in [0.05, 0.1) is 5.56 Å². The van der Waals surface area contributed by atoms with Crippen LogP contribution in [0.5, 0.6) is 0 Å². The monoisotopic (exact) mass is 433 g/mol. The van der Waals surface area contributed by atoms with E-state index in [2.05, 4.69) is 27.7 Å². The number of carboxylic acid groups (broad SMARTS) is 1. The Morgan fingerprint density at radius 1 is 0.806 bits per heavy atom. The fraction of sp³-hybridized carbons (Fsp3) is 0.750. The molecule has 0 radical (unpaired) electrons. The number of benzene rings is 1. The molecule has 180 valence electrons. The van der Waals surface area contributed by atoms with Gasteiger partial charge in [0, 0.05) is 5.54 Å². The number of carboxylic acids is 1. The van der Waals surface area contributed by atoms with Crippen LogP contribution in [0.2, 0.25) is 0 Å². The first-order valence-corrected chi connectivity index (χ1v) is 12.9. The van der Waals surface area contributed by atoms with Gasteiger partial charge in [0.25, 0.3) is 0 Å². The Labute approximate surface area is 193 Å². The molecule has 0 heterocycles. The van der Waals surface area contributed by atoms with Crippen molar-refractivity contribution in [2.75, 3.05) is 0 Å². The van der Waals surface area contributed by atoms with Crippen LogP contribution in [0.15, 0.2) is 30.3 Å². The number of carbonyl (C=O) groups is 1. The first kappa shape index (κ1) is 29.7. The van der Waals surface area contributed by atoms with Gasteiger partial charge in [0.15, 0.2) is 0 Å². The van der Waals surface area contributed by atoms with Gasteiger partial charge in [0.2, 0.25) is 0 Å². The molecule has 0 fully saturated rings. The van der Waals surface area contributed by atoms with Gasteiger partial charge in [-0.3, -0.25) is 0 Å². The summed E-state index contributed by atoms with van der Waals surface area (Å²) in [4.78, 5) is 10.2. The van der Waals surface area contributed by atoms with Gasteiger partial charge in [-0.1, -0.05) is 122 Å². The largest absolute Gasteiger partial charge is 0.478 e. The van der Waals surface area contributed by atoms with Crippen LogP contribution in [0.3, 0.4) is 0 Å². The number of nitrogens with two attached hydrogens (primary N) is 1. The van der Waals surface area contributed by atoms with E-state index in [1.165, 1.54) is 96.3 Å². The Bertz CT molecular complexity index is 522. The van der Waals surface area contributed by atoms with Crippen LogP contribution >= 0.6 is 0 Å². The molecule has 1 atom stereocenters. The maximum Gasteiger partial charge on any atom is 0.335 e. The molecule has 0 saturated carbocycles. The molecule has 0 aromatic heterocycles. The van der Waals surface area contributed by atoms with Crippen LogP contribution in [-0.2, 0) is 0 Å². The maximum atomic E-state index is 10.2. The fourth-order valence-corrected chi connectivity index (χ4v) is 3.60. The Morgan fingerprint density at radius 2 is 1.19 bits per heavy atom. The molecule has 3 N–H and O–H groups in total. The van der Waals surface area contributed by atoms with Gasteiger partial charge < -0.3 is 10.8 Å². The molecular formula is C28H51NO2. The van der Waals surface area contributed by atoms with E-state index in [9.17, 15) is 4.79 Å². The van der Waals surface area contributed by atoms with E-state index in [1.807, 2.05) is 0 Å². The molecular weight excluding hydrogens is 382 g/mol. The van der Waals surface area contributed by atoms with Gasteiger partial charge in [-0.05, 0) is 38.3 Å². The highest BCUT2D eigenvalue weighted by Gasteiger charge is 2.19. The molecule has 1 aromatic carbocycles. The van der Waals surface area contributed by atoms with Crippen molar-refractivity contribution in [1.82, 2.24) is 0 Å². The maximum absolute atomic E-state index is 10.2. The Kier molecular flexibility index (Phi) is 18.5. The van der Waals surface area contributed by atoms with Gasteiger partial charge >= 0.3 is 5.97 Å². The topological polar surface area (TPSA) is 63.3 Å². The highest BCUT2D eigenvalue weighted by atomic mass is 16.4. The van der Waals surface area contributed by atoms with E-state index in [0.29, 0.717) is 11.5 Å². The van der Waals surface area contributed by atoms with Crippen molar-refractivity contribution in [3.63, 3.8) is 0 Å².